The summed E-state index contributed by atoms with van der Waals surface area (Å²) < 4.78 is 36.1. The Morgan fingerprint density at radius 3 is 2.72 bits per heavy atom. The molecule has 25 heavy (non-hydrogen) atoms. The molecule has 7 nitrogen and oxygen atoms in total. The van der Waals surface area contributed by atoms with Crippen molar-refractivity contribution >= 4 is 0 Å². The summed E-state index contributed by atoms with van der Waals surface area (Å²) >= 11 is 0. The summed E-state index contributed by atoms with van der Waals surface area (Å²) in [6.45, 7) is 4.31. The molecule has 0 N–H and O–H groups in total. The van der Waals surface area contributed by atoms with Crippen LogP contribution in [0.5, 0.6) is 5.88 Å². The van der Waals surface area contributed by atoms with E-state index in [0.29, 0.717) is 23.2 Å². The minimum Gasteiger partial charge on any atom is -0.472 e. The lowest BCUT2D eigenvalue weighted by Crippen LogP contribution is -2.07. The van der Waals surface area contributed by atoms with E-state index in [1.807, 2.05) is 10.9 Å². The lowest BCUT2D eigenvalue weighted by molar-refractivity contribution is 0.0796. The van der Waals surface area contributed by atoms with Crippen LogP contribution < -0.4 is 4.74 Å². The molecule has 0 aliphatic carbocycles. The van der Waals surface area contributed by atoms with Crippen molar-refractivity contribution < 1.29 is 18.0 Å². The molecule has 9 heteroatoms. The Balaban J connectivity index is 1.71. The van der Waals surface area contributed by atoms with Crippen molar-refractivity contribution in [2.24, 2.45) is 5.92 Å². The zero-order valence-corrected chi connectivity index (χ0v) is 13.8. The Morgan fingerprint density at radius 1 is 1.20 bits per heavy atom. The van der Waals surface area contributed by atoms with Gasteiger partial charge in [-0.3, -0.25) is 4.68 Å². The predicted octanol–water partition coefficient (Wildman–Crippen LogP) is 3.30. The fourth-order valence-electron chi connectivity index (χ4n) is 2.15. The minimum absolute atomic E-state index is 0.114. The highest BCUT2D eigenvalue weighted by atomic mass is 19.3. The third kappa shape index (κ3) is 4.37. The summed E-state index contributed by atoms with van der Waals surface area (Å²) in [6.07, 6.45) is 2.41. The van der Waals surface area contributed by atoms with Crippen LogP contribution in [0.1, 0.15) is 13.8 Å². The summed E-state index contributed by atoms with van der Waals surface area (Å²) in [5.41, 5.74) is 1.32. The molecule has 0 unspecified atom stereocenters. The van der Waals surface area contributed by atoms with Crippen molar-refractivity contribution in [3.05, 3.63) is 30.7 Å². The maximum Gasteiger partial charge on any atom is 0.272 e. The van der Waals surface area contributed by atoms with Gasteiger partial charge in [0.2, 0.25) is 11.7 Å². The van der Waals surface area contributed by atoms with Crippen LogP contribution in [0.3, 0.4) is 0 Å². The van der Waals surface area contributed by atoms with Gasteiger partial charge in [-0.05, 0) is 12.0 Å². The molecule has 0 amide bonds. The van der Waals surface area contributed by atoms with Crippen LogP contribution in [0.2, 0.25) is 0 Å². The van der Waals surface area contributed by atoms with Gasteiger partial charge in [-0.15, -0.1) is 0 Å². The van der Waals surface area contributed by atoms with Crippen LogP contribution in [-0.2, 0) is 6.54 Å². The molecule has 0 aliphatic rings. The van der Waals surface area contributed by atoms with Crippen LogP contribution in [0.4, 0.5) is 8.78 Å². The average Bonchev–Trinajstić information content (AvgIpc) is 3.22. The Kier molecular flexibility index (Phi) is 5.01. The van der Waals surface area contributed by atoms with Gasteiger partial charge in [0.15, 0.2) is 6.61 Å². The lowest BCUT2D eigenvalue weighted by atomic mass is 10.2. The summed E-state index contributed by atoms with van der Waals surface area (Å²) in [4.78, 5) is 8.27. The second-order valence-electron chi connectivity index (χ2n) is 5.86. The van der Waals surface area contributed by atoms with Crippen LogP contribution in [0.15, 0.2) is 35.2 Å². The predicted molar refractivity (Wildman–Crippen MR) is 85.1 cm³/mol. The summed E-state index contributed by atoms with van der Waals surface area (Å²) in [6, 6.07) is 3.11. The first-order chi connectivity index (χ1) is 12.0. The van der Waals surface area contributed by atoms with Gasteiger partial charge in [-0.25, -0.2) is 13.8 Å². The fraction of sp³-hybridized carbons (Fsp3) is 0.375. The second-order valence-corrected chi connectivity index (χ2v) is 5.86. The zero-order valence-electron chi connectivity index (χ0n) is 13.8. The van der Waals surface area contributed by atoms with Crippen molar-refractivity contribution in [2.45, 2.75) is 26.8 Å². The van der Waals surface area contributed by atoms with Crippen LogP contribution >= 0.6 is 0 Å². The Bertz CT molecular complexity index is 814. The number of aromatic nitrogens is 5. The number of hydrogen-bond donors (Lipinski definition) is 0. The van der Waals surface area contributed by atoms with Gasteiger partial charge in [0.05, 0.1) is 11.8 Å². The normalized spacial score (nSPS) is 11.4. The van der Waals surface area contributed by atoms with E-state index < -0.39 is 13.0 Å². The first kappa shape index (κ1) is 17.0. The monoisotopic (exact) mass is 349 g/mol. The number of halogens is 2. The van der Waals surface area contributed by atoms with Crippen LogP contribution in [0.25, 0.3) is 22.8 Å². The highest BCUT2D eigenvalue weighted by Crippen LogP contribution is 2.22. The van der Waals surface area contributed by atoms with Crippen molar-refractivity contribution in [3.63, 3.8) is 0 Å². The molecule has 0 fully saturated rings. The van der Waals surface area contributed by atoms with Gasteiger partial charge in [0.25, 0.3) is 12.3 Å². The van der Waals surface area contributed by atoms with E-state index in [0.717, 1.165) is 12.1 Å². The molecule has 3 rings (SSSR count). The highest BCUT2D eigenvalue weighted by Gasteiger charge is 2.13. The number of alkyl halides is 2. The highest BCUT2D eigenvalue weighted by molar-refractivity contribution is 5.58. The third-order valence-electron chi connectivity index (χ3n) is 3.21. The van der Waals surface area contributed by atoms with Crippen molar-refractivity contribution in [3.8, 4) is 28.7 Å². The summed E-state index contributed by atoms with van der Waals surface area (Å²) in [5, 5.41) is 8.17. The van der Waals surface area contributed by atoms with E-state index in [2.05, 4.69) is 34.1 Å². The number of rotatable bonds is 7. The zero-order chi connectivity index (χ0) is 17.8. The standard InChI is InChI=1S/C16H17F2N5O2/c1-10(2)7-23-8-12(6-20-23)16-21-15(22-25-16)11-3-4-14(19-5-11)24-9-13(17)18/h3-6,8,10,13H,7,9H2,1-2H3. The molecule has 0 aliphatic heterocycles. The maximum absolute atomic E-state index is 12.1. The molecule has 3 aromatic heterocycles. The number of pyridine rings is 1. The third-order valence-corrected chi connectivity index (χ3v) is 3.21. The van der Waals surface area contributed by atoms with E-state index in [9.17, 15) is 8.78 Å². The minimum atomic E-state index is -2.54. The maximum atomic E-state index is 12.1. The van der Waals surface area contributed by atoms with E-state index in [1.165, 1.54) is 12.3 Å². The van der Waals surface area contributed by atoms with Crippen LogP contribution in [-0.4, -0.2) is 37.9 Å². The molecule has 3 aromatic rings. The van der Waals surface area contributed by atoms with Gasteiger partial charge in [-0.2, -0.15) is 10.1 Å². The fourth-order valence-corrected chi connectivity index (χ4v) is 2.15. The van der Waals surface area contributed by atoms with Gasteiger partial charge < -0.3 is 9.26 Å². The SMILES string of the molecule is CC(C)Cn1cc(-c2nc(-c3ccc(OCC(F)F)nc3)no2)cn1. The topological polar surface area (TPSA) is 78.9 Å². The smallest absolute Gasteiger partial charge is 0.272 e. The molecule has 132 valence electrons. The summed E-state index contributed by atoms with van der Waals surface area (Å²) in [5.74, 6) is 1.29. The number of hydrogen-bond acceptors (Lipinski definition) is 6. The molecule has 3 heterocycles. The van der Waals surface area contributed by atoms with Crippen molar-refractivity contribution in [1.82, 2.24) is 24.9 Å². The molecule has 0 radical (unpaired) electrons. The van der Waals surface area contributed by atoms with Gasteiger partial charge in [0, 0.05) is 30.6 Å². The van der Waals surface area contributed by atoms with Crippen molar-refractivity contribution in [1.29, 1.82) is 0 Å². The molecule has 0 aromatic carbocycles. The molecular weight excluding hydrogens is 332 g/mol. The molecule has 0 atom stereocenters. The van der Waals surface area contributed by atoms with Crippen LogP contribution in [0, 0.1) is 5.92 Å². The quantitative estimate of drug-likeness (QED) is 0.651. The Labute approximate surface area is 142 Å². The first-order valence-electron chi connectivity index (χ1n) is 7.75. The largest absolute Gasteiger partial charge is 0.472 e. The van der Waals surface area contributed by atoms with Gasteiger partial charge in [0.1, 0.15) is 0 Å². The lowest BCUT2D eigenvalue weighted by Gasteiger charge is -2.03. The Morgan fingerprint density at radius 2 is 2.04 bits per heavy atom. The molecular formula is C16H17F2N5O2. The van der Waals surface area contributed by atoms with Crippen molar-refractivity contribution in [2.75, 3.05) is 6.61 Å². The molecule has 0 saturated carbocycles. The van der Waals surface area contributed by atoms with Gasteiger partial charge in [-0.1, -0.05) is 19.0 Å². The molecule has 0 saturated heterocycles. The second kappa shape index (κ2) is 7.37. The van der Waals surface area contributed by atoms with Gasteiger partial charge >= 0.3 is 0 Å². The van der Waals surface area contributed by atoms with E-state index in [4.69, 9.17) is 9.26 Å². The average molecular weight is 349 g/mol. The van der Waals surface area contributed by atoms with E-state index >= 15 is 0 Å². The number of nitrogens with zero attached hydrogens (tertiary/aromatic N) is 5. The molecule has 0 spiro atoms. The Hall–Kier alpha value is -2.84. The number of ether oxygens (including phenoxy) is 1. The molecule has 0 bridgehead atoms. The summed E-state index contributed by atoms with van der Waals surface area (Å²) in [7, 11) is 0. The van der Waals surface area contributed by atoms with E-state index in [1.54, 1.807) is 12.3 Å². The van der Waals surface area contributed by atoms with E-state index in [-0.39, 0.29) is 5.88 Å². The first-order valence-corrected chi connectivity index (χ1v) is 7.75.